The van der Waals surface area contributed by atoms with Gasteiger partial charge in [0.05, 0.1) is 18.0 Å². The first kappa shape index (κ1) is 18.1. The van der Waals surface area contributed by atoms with Crippen molar-refractivity contribution in [1.82, 2.24) is 4.98 Å². The predicted molar refractivity (Wildman–Crippen MR) is 103 cm³/mol. The van der Waals surface area contributed by atoms with Crippen LogP contribution in [0, 0.1) is 0 Å². The molecule has 0 spiro atoms. The number of carboxylic acids is 1. The summed E-state index contributed by atoms with van der Waals surface area (Å²) in [5.74, 6) is -2.23. The molecule has 0 saturated heterocycles. The lowest BCUT2D eigenvalue weighted by molar-refractivity contribution is -0.139. The molecule has 0 aliphatic heterocycles. The second-order valence-electron chi connectivity index (χ2n) is 5.57. The first-order chi connectivity index (χ1) is 12.5. The van der Waals surface area contributed by atoms with Gasteiger partial charge in [0.25, 0.3) is 0 Å². The molecular formula is C19H15ClN2O3S. The Morgan fingerprint density at radius 1 is 1.12 bits per heavy atom. The summed E-state index contributed by atoms with van der Waals surface area (Å²) in [6.45, 7) is 0. The number of carbonyl (C=O) groups excluding carboxylic acids is 1. The molecule has 0 unspecified atom stereocenters. The van der Waals surface area contributed by atoms with Gasteiger partial charge in [-0.25, -0.2) is 4.98 Å². The highest BCUT2D eigenvalue weighted by atomic mass is 35.5. The summed E-state index contributed by atoms with van der Waals surface area (Å²) in [6.07, 6.45) is -0.293. The molecule has 7 heteroatoms. The molecule has 1 heterocycles. The molecule has 1 amide bonds. The van der Waals surface area contributed by atoms with Gasteiger partial charge in [-0.3, -0.25) is 9.59 Å². The smallest absolute Gasteiger partial charge is 0.304 e. The van der Waals surface area contributed by atoms with E-state index in [1.165, 1.54) is 11.3 Å². The summed E-state index contributed by atoms with van der Waals surface area (Å²) in [5.41, 5.74) is 2.08. The standard InChI is InChI=1S/C19H15ClN2O3S/c20-15-9-5-4-8-13(15)16-11-26-19(21-16)22-18(25)14(10-17(23)24)12-6-2-1-3-7-12/h1-9,11,14H,10H2,(H,23,24)(H,21,22,25)/t14-/m0/s1. The molecule has 0 fully saturated rings. The van der Waals surface area contributed by atoms with Crippen molar-refractivity contribution < 1.29 is 14.7 Å². The number of hydrogen-bond acceptors (Lipinski definition) is 4. The van der Waals surface area contributed by atoms with E-state index >= 15 is 0 Å². The highest BCUT2D eigenvalue weighted by Crippen LogP contribution is 2.31. The molecule has 3 rings (SSSR count). The number of aliphatic carboxylic acids is 1. The average Bonchev–Trinajstić information content (AvgIpc) is 3.08. The van der Waals surface area contributed by atoms with Crippen molar-refractivity contribution in [2.75, 3.05) is 5.32 Å². The number of halogens is 1. The van der Waals surface area contributed by atoms with Gasteiger partial charge in [0.15, 0.2) is 5.13 Å². The highest BCUT2D eigenvalue weighted by molar-refractivity contribution is 7.14. The third-order valence-corrected chi connectivity index (χ3v) is 4.87. The second kappa shape index (κ2) is 8.12. The number of carbonyl (C=O) groups is 2. The van der Waals surface area contributed by atoms with Crippen LogP contribution < -0.4 is 5.32 Å². The summed E-state index contributed by atoms with van der Waals surface area (Å²) in [7, 11) is 0. The minimum absolute atomic E-state index is 0.293. The first-order valence-electron chi connectivity index (χ1n) is 7.82. The maximum Gasteiger partial charge on any atom is 0.304 e. The number of aromatic nitrogens is 1. The van der Waals surface area contributed by atoms with E-state index in [-0.39, 0.29) is 6.42 Å². The maximum atomic E-state index is 12.6. The fourth-order valence-electron chi connectivity index (χ4n) is 2.54. The first-order valence-corrected chi connectivity index (χ1v) is 9.08. The molecule has 0 radical (unpaired) electrons. The van der Waals surface area contributed by atoms with Crippen molar-refractivity contribution >= 4 is 39.9 Å². The summed E-state index contributed by atoms with van der Waals surface area (Å²) in [6, 6.07) is 16.2. The van der Waals surface area contributed by atoms with Gasteiger partial charge in [-0.05, 0) is 11.6 Å². The molecular weight excluding hydrogens is 372 g/mol. The van der Waals surface area contributed by atoms with Gasteiger partial charge in [0.2, 0.25) is 5.91 Å². The predicted octanol–water partition coefficient (Wildman–Crippen LogP) is 4.66. The molecule has 1 atom stereocenters. The van der Waals surface area contributed by atoms with Crippen LogP contribution in [0.1, 0.15) is 17.9 Å². The van der Waals surface area contributed by atoms with Gasteiger partial charge in [-0.1, -0.05) is 60.1 Å². The van der Waals surface area contributed by atoms with Crippen LogP contribution in [0.5, 0.6) is 0 Å². The normalized spacial score (nSPS) is 11.7. The summed E-state index contributed by atoms with van der Waals surface area (Å²) < 4.78 is 0. The maximum absolute atomic E-state index is 12.6. The van der Waals surface area contributed by atoms with E-state index in [2.05, 4.69) is 10.3 Å². The topological polar surface area (TPSA) is 79.3 Å². The summed E-state index contributed by atoms with van der Waals surface area (Å²) in [5, 5.41) is 14.6. The Morgan fingerprint density at radius 2 is 1.81 bits per heavy atom. The molecule has 132 valence electrons. The summed E-state index contributed by atoms with van der Waals surface area (Å²) >= 11 is 7.44. The van der Waals surface area contributed by atoms with Gasteiger partial charge >= 0.3 is 5.97 Å². The molecule has 0 aliphatic rings. The number of nitrogens with zero attached hydrogens (tertiary/aromatic N) is 1. The zero-order chi connectivity index (χ0) is 18.5. The van der Waals surface area contributed by atoms with Gasteiger partial charge in [0, 0.05) is 16.0 Å². The van der Waals surface area contributed by atoms with Crippen molar-refractivity contribution in [3.8, 4) is 11.3 Å². The Kier molecular flexibility index (Phi) is 5.65. The Balaban J connectivity index is 1.80. The Morgan fingerprint density at radius 3 is 2.50 bits per heavy atom. The molecule has 0 saturated carbocycles. The van der Waals surface area contributed by atoms with Gasteiger partial charge in [0.1, 0.15) is 0 Å². The quantitative estimate of drug-likeness (QED) is 0.645. The number of anilines is 1. The molecule has 0 bridgehead atoms. The van der Waals surface area contributed by atoms with Crippen molar-refractivity contribution in [2.45, 2.75) is 12.3 Å². The van der Waals surface area contributed by atoms with Crippen LogP contribution in [0.4, 0.5) is 5.13 Å². The lowest BCUT2D eigenvalue weighted by atomic mass is 9.95. The van der Waals surface area contributed by atoms with Crippen LogP contribution in [0.15, 0.2) is 60.0 Å². The minimum Gasteiger partial charge on any atom is -0.481 e. The van der Waals surface area contributed by atoms with Gasteiger partial charge in [-0.2, -0.15) is 0 Å². The van der Waals surface area contributed by atoms with Crippen LogP contribution in [-0.4, -0.2) is 22.0 Å². The largest absolute Gasteiger partial charge is 0.481 e. The van der Waals surface area contributed by atoms with E-state index in [9.17, 15) is 9.59 Å². The van der Waals surface area contributed by atoms with Crippen molar-refractivity contribution in [3.63, 3.8) is 0 Å². The number of carboxylic acid groups (broad SMARTS) is 1. The Labute approximate surface area is 159 Å². The van der Waals surface area contributed by atoms with Crippen LogP contribution in [0.2, 0.25) is 5.02 Å². The molecule has 3 aromatic rings. The molecule has 0 aliphatic carbocycles. The molecule has 2 N–H and O–H groups in total. The van der Waals surface area contributed by atoms with Crippen LogP contribution in [0.3, 0.4) is 0 Å². The van der Waals surface area contributed by atoms with Crippen LogP contribution >= 0.6 is 22.9 Å². The number of rotatable bonds is 6. The van der Waals surface area contributed by atoms with Gasteiger partial charge < -0.3 is 10.4 Å². The molecule has 5 nitrogen and oxygen atoms in total. The van der Waals surface area contributed by atoms with Crippen molar-refractivity contribution in [2.24, 2.45) is 0 Å². The minimum atomic E-state index is -1.04. The highest BCUT2D eigenvalue weighted by Gasteiger charge is 2.24. The zero-order valence-corrected chi connectivity index (χ0v) is 15.1. The van der Waals surface area contributed by atoms with E-state index in [1.807, 2.05) is 24.3 Å². The molecule has 26 heavy (non-hydrogen) atoms. The lowest BCUT2D eigenvalue weighted by Gasteiger charge is -2.14. The fourth-order valence-corrected chi connectivity index (χ4v) is 3.48. The van der Waals surface area contributed by atoms with Crippen LogP contribution in [-0.2, 0) is 9.59 Å². The number of nitrogens with one attached hydrogen (secondary N) is 1. The number of benzene rings is 2. The number of amides is 1. The summed E-state index contributed by atoms with van der Waals surface area (Å²) in [4.78, 5) is 28.2. The molecule has 1 aromatic heterocycles. The van der Waals surface area contributed by atoms with E-state index in [0.717, 1.165) is 5.56 Å². The van der Waals surface area contributed by atoms with Gasteiger partial charge in [-0.15, -0.1) is 11.3 Å². The fraction of sp³-hybridized carbons (Fsp3) is 0.105. The average molecular weight is 387 g/mol. The lowest BCUT2D eigenvalue weighted by Crippen LogP contribution is -2.23. The van der Waals surface area contributed by atoms with E-state index in [4.69, 9.17) is 16.7 Å². The SMILES string of the molecule is O=C(O)C[C@H](C(=O)Nc1nc(-c2ccccc2Cl)cs1)c1ccccc1. The van der Waals surface area contributed by atoms with Crippen LogP contribution in [0.25, 0.3) is 11.3 Å². The monoisotopic (exact) mass is 386 g/mol. The Bertz CT molecular complexity index is 927. The second-order valence-corrected chi connectivity index (χ2v) is 6.83. The van der Waals surface area contributed by atoms with E-state index in [1.54, 1.807) is 35.7 Å². The van der Waals surface area contributed by atoms with Crippen molar-refractivity contribution in [1.29, 1.82) is 0 Å². The van der Waals surface area contributed by atoms with E-state index in [0.29, 0.717) is 21.4 Å². The van der Waals surface area contributed by atoms with E-state index < -0.39 is 17.8 Å². The number of hydrogen-bond donors (Lipinski definition) is 2. The third-order valence-electron chi connectivity index (χ3n) is 3.78. The number of thiazole rings is 1. The molecule has 2 aromatic carbocycles. The third kappa shape index (κ3) is 4.28. The van der Waals surface area contributed by atoms with Crippen molar-refractivity contribution in [3.05, 3.63) is 70.6 Å². The zero-order valence-electron chi connectivity index (χ0n) is 13.6. The Hall–Kier alpha value is -2.70.